The Bertz CT molecular complexity index is 704. The molecule has 1 aliphatic heterocycles. The van der Waals surface area contributed by atoms with E-state index in [-0.39, 0.29) is 13.0 Å². The van der Waals surface area contributed by atoms with Crippen molar-refractivity contribution in [2.75, 3.05) is 11.9 Å². The number of rotatable bonds is 5. The molecule has 7 heteroatoms. The van der Waals surface area contributed by atoms with E-state index in [1.165, 1.54) is 4.57 Å². The van der Waals surface area contributed by atoms with Crippen molar-refractivity contribution in [2.24, 2.45) is 0 Å². The zero-order valence-corrected chi connectivity index (χ0v) is 12.5. The van der Waals surface area contributed by atoms with Crippen LogP contribution in [0.5, 0.6) is 0 Å². The molecule has 0 aliphatic carbocycles. The minimum atomic E-state index is -0.784. The van der Waals surface area contributed by atoms with Gasteiger partial charge in [-0.1, -0.05) is 30.3 Å². The Morgan fingerprint density at radius 1 is 1.30 bits per heavy atom. The molecule has 1 saturated heterocycles. The fraction of sp³-hybridized carbons (Fsp3) is 0.375. The molecule has 2 heterocycles. The lowest BCUT2D eigenvalue weighted by Gasteiger charge is -2.14. The molecule has 1 aliphatic rings. The largest absolute Gasteiger partial charge is 0.394 e. The van der Waals surface area contributed by atoms with Gasteiger partial charge in [0.1, 0.15) is 18.1 Å². The van der Waals surface area contributed by atoms with Crippen LogP contribution in [0, 0.1) is 0 Å². The van der Waals surface area contributed by atoms with Crippen LogP contribution in [0.25, 0.3) is 0 Å². The highest BCUT2D eigenvalue weighted by Crippen LogP contribution is 2.27. The molecule has 0 bridgehead atoms. The van der Waals surface area contributed by atoms with Gasteiger partial charge in [-0.25, -0.2) is 4.79 Å². The fourth-order valence-electron chi connectivity index (χ4n) is 2.57. The SMILES string of the molecule is O=c1nc(NCc2ccccc2)ccn1[C@@H]1C[C@@H](O)[C@H](CO)O1. The lowest BCUT2D eigenvalue weighted by Crippen LogP contribution is -2.28. The highest BCUT2D eigenvalue weighted by atomic mass is 16.5. The van der Waals surface area contributed by atoms with Crippen molar-refractivity contribution in [3.8, 4) is 0 Å². The summed E-state index contributed by atoms with van der Waals surface area (Å²) in [5, 5.41) is 21.9. The predicted molar refractivity (Wildman–Crippen MR) is 83.9 cm³/mol. The summed E-state index contributed by atoms with van der Waals surface area (Å²) < 4.78 is 6.79. The Labute approximate surface area is 133 Å². The van der Waals surface area contributed by atoms with E-state index in [2.05, 4.69) is 10.3 Å². The standard InChI is InChI=1S/C16H19N3O4/c20-10-13-12(21)8-15(23-13)19-7-6-14(18-16(19)22)17-9-11-4-2-1-3-5-11/h1-7,12-13,15,20-21H,8-10H2,(H,17,18,22)/t12-,13+,15+/m1/s1. The number of hydrogen-bond acceptors (Lipinski definition) is 6. The van der Waals surface area contributed by atoms with Gasteiger partial charge >= 0.3 is 5.69 Å². The van der Waals surface area contributed by atoms with Gasteiger partial charge in [-0.15, -0.1) is 0 Å². The molecule has 1 aromatic carbocycles. The summed E-state index contributed by atoms with van der Waals surface area (Å²) in [6, 6.07) is 11.5. The van der Waals surface area contributed by atoms with Gasteiger partial charge in [-0.05, 0) is 11.6 Å². The average Bonchev–Trinajstić information content (AvgIpc) is 2.94. The number of benzene rings is 1. The molecule has 3 atom stereocenters. The molecule has 2 aromatic rings. The number of aliphatic hydroxyl groups is 2. The van der Waals surface area contributed by atoms with E-state index in [4.69, 9.17) is 9.84 Å². The van der Waals surface area contributed by atoms with Crippen molar-refractivity contribution in [1.82, 2.24) is 9.55 Å². The van der Waals surface area contributed by atoms with Crippen LogP contribution in [-0.4, -0.2) is 38.6 Å². The second-order valence-electron chi connectivity index (χ2n) is 5.46. The van der Waals surface area contributed by atoms with Crippen LogP contribution >= 0.6 is 0 Å². The predicted octanol–water partition coefficient (Wildman–Crippen LogP) is 0.496. The van der Waals surface area contributed by atoms with Crippen LogP contribution in [-0.2, 0) is 11.3 Å². The van der Waals surface area contributed by atoms with E-state index >= 15 is 0 Å². The topological polar surface area (TPSA) is 96.6 Å². The summed E-state index contributed by atoms with van der Waals surface area (Å²) in [5.41, 5.74) is 0.630. The first-order valence-electron chi connectivity index (χ1n) is 7.49. The molecule has 7 nitrogen and oxygen atoms in total. The van der Waals surface area contributed by atoms with E-state index in [1.54, 1.807) is 12.3 Å². The van der Waals surface area contributed by atoms with Crippen LogP contribution in [0.15, 0.2) is 47.4 Å². The first kappa shape index (κ1) is 15.7. The second-order valence-corrected chi connectivity index (χ2v) is 5.46. The second kappa shape index (κ2) is 6.91. The molecule has 0 saturated carbocycles. The fourth-order valence-corrected chi connectivity index (χ4v) is 2.57. The van der Waals surface area contributed by atoms with E-state index in [0.29, 0.717) is 12.4 Å². The molecule has 0 unspecified atom stereocenters. The van der Waals surface area contributed by atoms with Crippen LogP contribution in [0.3, 0.4) is 0 Å². The van der Waals surface area contributed by atoms with Gasteiger partial charge in [0.2, 0.25) is 0 Å². The highest BCUT2D eigenvalue weighted by molar-refractivity contribution is 5.33. The highest BCUT2D eigenvalue weighted by Gasteiger charge is 2.34. The summed E-state index contributed by atoms with van der Waals surface area (Å²) in [6.45, 7) is 0.291. The normalized spacial score (nSPS) is 23.8. The summed E-state index contributed by atoms with van der Waals surface area (Å²) in [5.74, 6) is 0.479. The van der Waals surface area contributed by atoms with Gasteiger partial charge < -0.3 is 20.3 Å². The number of hydrogen-bond donors (Lipinski definition) is 3. The summed E-state index contributed by atoms with van der Waals surface area (Å²) in [4.78, 5) is 16.1. The molecule has 0 spiro atoms. The minimum absolute atomic E-state index is 0.254. The molecule has 23 heavy (non-hydrogen) atoms. The van der Waals surface area contributed by atoms with Gasteiger partial charge in [-0.2, -0.15) is 4.98 Å². The maximum absolute atomic E-state index is 12.1. The third kappa shape index (κ3) is 3.58. The number of ether oxygens (including phenoxy) is 1. The molecular weight excluding hydrogens is 298 g/mol. The van der Waals surface area contributed by atoms with Crippen molar-refractivity contribution in [1.29, 1.82) is 0 Å². The molecule has 3 N–H and O–H groups in total. The van der Waals surface area contributed by atoms with Crippen LogP contribution < -0.4 is 11.0 Å². The summed E-state index contributed by atoms with van der Waals surface area (Å²) in [6.07, 6.45) is -0.218. The monoisotopic (exact) mass is 317 g/mol. The van der Waals surface area contributed by atoms with Crippen molar-refractivity contribution in [3.63, 3.8) is 0 Å². The lowest BCUT2D eigenvalue weighted by atomic mass is 10.2. The van der Waals surface area contributed by atoms with Gasteiger partial charge in [0.25, 0.3) is 0 Å². The zero-order valence-electron chi connectivity index (χ0n) is 12.5. The van der Waals surface area contributed by atoms with E-state index in [1.807, 2.05) is 30.3 Å². The number of aromatic nitrogens is 2. The van der Waals surface area contributed by atoms with E-state index < -0.39 is 24.1 Å². The molecule has 1 fully saturated rings. The van der Waals surface area contributed by atoms with Crippen LogP contribution in [0.2, 0.25) is 0 Å². The molecule has 0 radical (unpaired) electrons. The zero-order chi connectivity index (χ0) is 16.2. The van der Waals surface area contributed by atoms with Crippen molar-refractivity contribution in [2.45, 2.75) is 31.4 Å². The molecule has 122 valence electrons. The molecule has 3 rings (SSSR count). The smallest absolute Gasteiger partial charge is 0.351 e. The Hall–Kier alpha value is -2.22. The Kier molecular flexibility index (Phi) is 4.71. The Balaban J connectivity index is 1.68. The van der Waals surface area contributed by atoms with E-state index in [0.717, 1.165) is 5.56 Å². The maximum atomic E-state index is 12.1. The number of aliphatic hydroxyl groups excluding tert-OH is 2. The Morgan fingerprint density at radius 2 is 2.09 bits per heavy atom. The number of nitrogens with one attached hydrogen (secondary N) is 1. The molecule has 1 aromatic heterocycles. The Morgan fingerprint density at radius 3 is 2.74 bits per heavy atom. The van der Waals surface area contributed by atoms with Gasteiger partial charge in [-0.3, -0.25) is 4.57 Å². The number of nitrogens with zero attached hydrogens (tertiary/aromatic N) is 2. The van der Waals surface area contributed by atoms with E-state index in [9.17, 15) is 9.90 Å². The molecule has 0 amide bonds. The molecular formula is C16H19N3O4. The maximum Gasteiger partial charge on any atom is 0.351 e. The van der Waals surface area contributed by atoms with Gasteiger partial charge in [0.05, 0.1) is 12.7 Å². The lowest BCUT2D eigenvalue weighted by molar-refractivity contribution is -0.0458. The van der Waals surface area contributed by atoms with Crippen molar-refractivity contribution >= 4 is 5.82 Å². The third-order valence-corrected chi connectivity index (χ3v) is 3.84. The summed E-state index contributed by atoms with van der Waals surface area (Å²) in [7, 11) is 0. The van der Waals surface area contributed by atoms with Crippen LogP contribution in [0.1, 0.15) is 18.2 Å². The third-order valence-electron chi connectivity index (χ3n) is 3.84. The van der Waals surface area contributed by atoms with Gasteiger partial charge in [0, 0.05) is 19.2 Å². The average molecular weight is 317 g/mol. The quantitative estimate of drug-likeness (QED) is 0.743. The minimum Gasteiger partial charge on any atom is -0.394 e. The van der Waals surface area contributed by atoms with Crippen molar-refractivity contribution in [3.05, 3.63) is 58.6 Å². The first-order chi connectivity index (χ1) is 11.2. The van der Waals surface area contributed by atoms with Crippen molar-refractivity contribution < 1.29 is 14.9 Å². The first-order valence-corrected chi connectivity index (χ1v) is 7.49. The van der Waals surface area contributed by atoms with Gasteiger partial charge in [0.15, 0.2) is 0 Å². The summed E-state index contributed by atoms with van der Waals surface area (Å²) >= 11 is 0. The van der Waals surface area contributed by atoms with Crippen LogP contribution in [0.4, 0.5) is 5.82 Å². The number of anilines is 1.